The maximum absolute atomic E-state index is 12.1. The molecule has 1 heterocycles. The first-order valence-electron chi connectivity index (χ1n) is 6.78. The van der Waals surface area contributed by atoms with E-state index in [9.17, 15) is 4.79 Å². The fourth-order valence-electron chi connectivity index (χ4n) is 2.32. The van der Waals surface area contributed by atoms with Crippen LogP contribution in [0, 0.1) is 0 Å². The predicted octanol–water partition coefficient (Wildman–Crippen LogP) is 1.95. The fraction of sp³-hybridized carbons (Fsp3) is 0.533. The van der Waals surface area contributed by atoms with E-state index in [2.05, 4.69) is 16.7 Å². The molecule has 1 aromatic carbocycles. The summed E-state index contributed by atoms with van der Waals surface area (Å²) >= 11 is 0. The number of amides is 1. The van der Waals surface area contributed by atoms with Crippen molar-refractivity contribution in [3.05, 3.63) is 29.8 Å². The average Bonchev–Trinajstić information content (AvgIpc) is 2.79. The number of ether oxygens (including phenoxy) is 1. The highest BCUT2D eigenvalue weighted by molar-refractivity contribution is 5.87. The molecule has 19 heavy (non-hydrogen) atoms. The lowest BCUT2D eigenvalue weighted by Gasteiger charge is -2.25. The van der Waals surface area contributed by atoms with Gasteiger partial charge in [0.05, 0.1) is 5.60 Å². The lowest BCUT2D eigenvalue weighted by molar-refractivity contribution is -0.123. The second-order valence-corrected chi connectivity index (χ2v) is 5.47. The van der Waals surface area contributed by atoms with E-state index >= 15 is 0 Å². The van der Waals surface area contributed by atoms with Crippen LogP contribution in [-0.2, 0) is 16.0 Å². The Hall–Kier alpha value is -1.55. The van der Waals surface area contributed by atoms with Crippen molar-refractivity contribution in [2.45, 2.75) is 38.8 Å². The van der Waals surface area contributed by atoms with Crippen molar-refractivity contribution < 1.29 is 9.53 Å². The number of anilines is 1. The summed E-state index contributed by atoms with van der Waals surface area (Å²) in [6.45, 7) is 7.09. The topological polar surface area (TPSA) is 50.4 Å². The van der Waals surface area contributed by atoms with Crippen molar-refractivity contribution in [3.63, 3.8) is 0 Å². The van der Waals surface area contributed by atoms with Gasteiger partial charge < -0.3 is 15.4 Å². The molecule has 0 saturated heterocycles. The van der Waals surface area contributed by atoms with Crippen LogP contribution in [0.1, 0.15) is 26.3 Å². The number of nitrogens with one attached hydrogen (secondary N) is 2. The molecule has 1 amide bonds. The zero-order chi connectivity index (χ0) is 13.9. The number of hydrogen-bond acceptors (Lipinski definition) is 3. The number of fused-ring (bicyclic) bond motifs is 1. The first kappa shape index (κ1) is 13.9. The second-order valence-electron chi connectivity index (χ2n) is 5.47. The molecular weight excluding hydrogens is 240 g/mol. The lowest BCUT2D eigenvalue weighted by Crippen LogP contribution is -2.46. The Morgan fingerprint density at radius 2 is 2.21 bits per heavy atom. The summed E-state index contributed by atoms with van der Waals surface area (Å²) in [4.78, 5) is 12.1. The molecule has 0 bridgehead atoms. The Morgan fingerprint density at radius 1 is 1.47 bits per heavy atom. The van der Waals surface area contributed by atoms with Gasteiger partial charge >= 0.3 is 0 Å². The van der Waals surface area contributed by atoms with Gasteiger partial charge in [0.15, 0.2) is 0 Å². The Balaban J connectivity index is 1.86. The molecule has 0 aromatic heterocycles. The lowest BCUT2D eigenvalue weighted by atomic mass is 10.1. The van der Waals surface area contributed by atoms with Gasteiger partial charge in [0, 0.05) is 25.3 Å². The van der Waals surface area contributed by atoms with Crippen LogP contribution in [0.4, 0.5) is 5.69 Å². The van der Waals surface area contributed by atoms with E-state index in [1.807, 2.05) is 39.0 Å². The second kappa shape index (κ2) is 5.61. The van der Waals surface area contributed by atoms with Gasteiger partial charge in [0.25, 0.3) is 0 Å². The minimum atomic E-state index is -0.324. The van der Waals surface area contributed by atoms with Crippen LogP contribution in [0.25, 0.3) is 0 Å². The van der Waals surface area contributed by atoms with Crippen LogP contribution >= 0.6 is 0 Å². The molecule has 0 spiro atoms. The molecule has 0 fully saturated rings. The third-order valence-electron chi connectivity index (χ3n) is 3.31. The maximum Gasteiger partial charge on any atom is 0.242 e. The summed E-state index contributed by atoms with van der Waals surface area (Å²) in [5.74, 6) is 0.0315. The minimum Gasteiger partial charge on any atom is -0.374 e. The van der Waals surface area contributed by atoms with Gasteiger partial charge in [-0.2, -0.15) is 0 Å². The average molecular weight is 262 g/mol. The van der Waals surface area contributed by atoms with Crippen LogP contribution in [0.15, 0.2) is 24.3 Å². The minimum absolute atomic E-state index is 0.0315. The van der Waals surface area contributed by atoms with Crippen LogP contribution in [0.2, 0.25) is 0 Å². The van der Waals surface area contributed by atoms with E-state index in [1.165, 1.54) is 5.56 Å². The summed E-state index contributed by atoms with van der Waals surface area (Å²) < 4.78 is 5.57. The molecule has 1 aliphatic rings. The largest absolute Gasteiger partial charge is 0.374 e. The summed E-state index contributed by atoms with van der Waals surface area (Å²) in [5.41, 5.74) is 1.94. The van der Waals surface area contributed by atoms with Crippen molar-refractivity contribution in [3.8, 4) is 0 Å². The van der Waals surface area contributed by atoms with Crippen molar-refractivity contribution in [1.29, 1.82) is 0 Å². The monoisotopic (exact) mass is 262 g/mol. The van der Waals surface area contributed by atoms with Gasteiger partial charge in [0.1, 0.15) is 6.04 Å². The normalized spacial score (nSPS) is 17.7. The number of rotatable bonds is 5. The summed E-state index contributed by atoms with van der Waals surface area (Å²) in [6.07, 6.45) is 0.747. The molecule has 1 atom stereocenters. The molecule has 4 nitrogen and oxygen atoms in total. The Bertz CT molecular complexity index is 432. The molecule has 104 valence electrons. The van der Waals surface area contributed by atoms with Crippen molar-refractivity contribution >= 4 is 11.6 Å². The summed E-state index contributed by atoms with van der Waals surface area (Å²) in [6, 6.07) is 7.87. The molecule has 2 N–H and O–H groups in total. The molecule has 1 aromatic rings. The summed E-state index contributed by atoms with van der Waals surface area (Å²) in [7, 11) is 0. The third kappa shape index (κ3) is 3.47. The highest BCUT2D eigenvalue weighted by Crippen LogP contribution is 2.25. The molecule has 2 rings (SSSR count). The molecule has 0 aliphatic carbocycles. The molecular formula is C15H22N2O2. The van der Waals surface area contributed by atoms with E-state index in [0.29, 0.717) is 13.2 Å². The van der Waals surface area contributed by atoms with E-state index in [-0.39, 0.29) is 17.6 Å². The van der Waals surface area contributed by atoms with Gasteiger partial charge in [-0.15, -0.1) is 0 Å². The predicted molar refractivity (Wildman–Crippen MR) is 76.3 cm³/mol. The number of benzene rings is 1. The number of carbonyl (C=O) groups excluding carboxylic acids is 1. The van der Waals surface area contributed by atoms with E-state index < -0.39 is 0 Å². The van der Waals surface area contributed by atoms with Crippen LogP contribution < -0.4 is 10.6 Å². The third-order valence-corrected chi connectivity index (χ3v) is 3.31. The molecule has 0 saturated carbocycles. The highest BCUT2D eigenvalue weighted by atomic mass is 16.5. The standard InChI is InChI=1S/C15H22N2O2/c1-4-19-15(2,3)10-16-14(18)13-9-11-7-5-6-8-12(11)17-13/h5-8,13,17H,4,9-10H2,1-3H3,(H,16,18). The van der Waals surface area contributed by atoms with E-state index in [0.717, 1.165) is 12.1 Å². The van der Waals surface area contributed by atoms with Gasteiger partial charge in [-0.25, -0.2) is 0 Å². The van der Waals surface area contributed by atoms with Gasteiger partial charge in [-0.3, -0.25) is 4.79 Å². The Morgan fingerprint density at radius 3 is 2.89 bits per heavy atom. The first-order chi connectivity index (χ1) is 9.02. The quantitative estimate of drug-likeness (QED) is 0.853. The zero-order valence-corrected chi connectivity index (χ0v) is 11.8. The highest BCUT2D eigenvalue weighted by Gasteiger charge is 2.27. The number of hydrogen-bond donors (Lipinski definition) is 2. The van der Waals surface area contributed by atoms with E-state index in [4.69, 9.17) is 4.74 Å². The number of carbonyl (C=O) groups is 1. The van der Waals surface area contributed by atoms with Crippen molar-refractivity contribution in [1.82, 2.24) is 5.32 Å². The Labute approximate surface area is 114 Å². The van der Waals surface area contributed by atoms with Crippen LogP contribution in [-0.4, -0.2) is 30.7 Å². The van der Waals surface area contributed by atoms with Gasteiger partial charge in [-0.05, 0) is 32.4 Å². The van der Waals surface area contributed by atoms with Crippen molar-refractivity contribution in [2.24, 2.45) is 0 Å². The molecule has 1 unspecified atom stereocenters. The number of para-hydroxylation sites is 1. The first-order valence-corrected chi connectivity index (χ1v) is 6.78. The molecule has 0 radical (unpaired) electrons. The smallest absolute Gasteiger partial charge is 0.242 e. The van der Waals surface area contributed by atoms with Gasteiger partial charge in [0.2, 0.25) is 5.91 Å². The van der Waals surface area contributed by atoms with Gasteiger partial charge in [-0.1, -0.05) is 18.2 Å². The van der Waals surface area contributed by atoms with Crippen LogP contribution in [0.3, 0.4) is 0 Å². The SMILES string of the molecule is CCOC(C)(C)CNC(=O)C1Cc2ccccc2N1. The van der Waals surface area contributed by atoms with E-state index in [1.54, 1.807) is 0 Å². The Kier molecular flexibility index (Phi) is 4.10. The maximum atomic E-state index is 12.1. The van der Waals surface area contributed by atoms with Crippen molar-refractivity contribution in [2.75, 3.05) is 18.5 Å². The molecule has 4 heteroatoms. The van der Waals surface area contributed by atoms with Crippen LogP contribution in [0.5, 0.6) is 0 Å². The molecule has 1 aliphatic heterocycles. The summed E-state index contributed by atoms with van der Waals surface area (Å²) in [5, 5.41) is 6.21. The zero-order valence-electron chi connectivity index (χ0n) is 11.8. The fourth-order valence-corrected chi connectivity index (χ4v) is 2.32.